The van der Waals surface area contributed by atoms with E-state index in [4.69, 9.17) is 4.74 Å². The fourth-order valence-corrected chi connectivity index (χ4v) is 3.58. The molecule has 140 valence electrons. The van der Waals surface area contributed by atoms with Crippen LogP contribution in [0.5, 0.6) is 0 Å². The Kier molecular flexibility index (Phi) is 5.27. The Bertz CT molecular complexity index is 974. The standard InChI is InChI=1S/C21H22FN3O2/c22-15-6-7-20-19(10-15)21(26)11-17(24-20)12-25-9-3-5-18(13-25)27-14-16-4-1-2-8-23-16/h1-2,4,6-8,10-11,18H,3,5,9,12-14H2,(H,24,26)/t18-/m1/s1. The lowest BCUT2D eigenvalue weighted by molar-refractivity contribution is -0.0135. The highest BCUT2D eigenvalue weighted by Gasteiger charge is 2.21. The van der Waals surface area contributed by atoms with Gasteiger partial charge in [-0.1, -0.05) is 6.07 Å². The zero-order chi connectivity index (χ0) is 18.6. The van der Waals surface area contributed by atoms with Crippen molar-refractivity contribution in [2.24, 2.45) is 0 Å². The summed E-state index contributed by atoms with van der Waals surface area (Å²) in [7, 11) is 0. The van der Waals surface area contributed by atoms with Gasteiger partial charge >= 0.3 is 0 Å². The molecule has 1 aliphatic heterocycles. The second-order valence-electron chi connectivity index (χ2n) is 6.98. The minimum Gasteiger partial charge on any atom is -0.371 e. The zero-order valence-corrected chi connectivity index (χ0v) is 15.0. The van der Waals surface area contributed by atoms with Crippen molar-refractivity contribution in [1.82, 2.24) is 14.9 Å². The molecule has 0 radical (unpaired) electrons. The van der Waals surface area contributed by atoms with E-state index in [0.29, 0.717) is 24.1 Å². The second kappa shape index (κ2) is 7.98. The summed E-state index contributed by atoms with van der Waals surface area (Å²) in [4.78, 5) is 22.1. The number of halogens is 1. The Labute approximate surface area is 156 Å². The van der Waals surface area contributed by atoms with E-state index < -0.39 is 5.82 Å². The van der Waals surface area contributed by atoms with Crippen LogP contribution in [0.4, 0.5) is 4.39 Å². The Hall–Kier alpha value is -2.57. The Balaban J connectivity index is 1.41. The third-order valence-corrected chi connectivity index (χ3v) is 4.90. The van der Waals surface area contributed by atoms with Gasteiger partial charge in [-0.25, -0.2) is 4.39 Å². The van der Waals surface area contributed by atoms with Crippen LogP contribution >= 0.6 is 0 Å². The summed E-state index contributed by atoms with van der Waals surface area (Å²) >= 11 is 0. The molecule has 1 fully saturated rings. The molecule has 0 bridgehead atoms. The lowest BCUT2D eigenvalue weighted by Gasteiger charge is -2.32. The Morgan fingerprint density at radius 1 is 1.26 bits per heavy atom. The second-order valence-corrected chi connectivity index (χ2v) is 6.98. The molecule has 27 heavy (non-hydrogen) atoms. The SMILES string of the molecule is O=c1cc(CN2CCC[C@@H](OCc3ccccn3)C2)[nH]c2ccc(F)cc12. The molecule has 1 aliphatic rings. The van der Waals surface area contributed by atoms with Gasteiger partial charge in [0.05, 0.1) is 18.4 Å². The van der Waals surface area contributed by atoms with Gasteiger partial charge in [0, 0.05) is 41.9 Å². The maximum atomic E-state index is 13.3. The zero-order valence-electron chi connectivity index (χ0n) is 15.0. The number of H-pyrrole nitrogens is 1. The van der Waals surface area contributed by atoms with E-state index in [1.165, 1.54) is 12.1 Å². The van der Waals surface area contributed by atoms with Gasteiger partial charge in [-0.3, -0.25) is 14.7 Å². The molecule has 0 amide bonds. The molecule has 0 aliphatic carbocycles. The minimum atomic E-state index is -0.398. The summed E-state index contributed by atoms with van der Waals surface area (Å²) in [5, 5.41) is 0.383. The largest absolute Gasteiger partial charge is 0.371 e. The van der Waals surface area contributed by atoms with Crippen LogP contribution in [0.25, 0.3) is 10.9 Å². The first kappa shape index (κ1) is 17.8. The summed E-state index contributed by atoms with van der Waals surface area (Å²) in [5.41, 5.74) is 2.28. The normalized spacial score (nSPS) is 18.0. The molecule has 1 saturated heterocycles. The summed E-state index contributed by atoms with van der Waals surface area (Å²) in [5.74, 6) is -0.398. The number of hydrogen-bond acceptors (Lipinski definition) is 4. The van der Waals surface area contributed by atoms with Gasteiger partial charge < -0.3 is 9.72 Å². The van der Waals surface area contributed by atoms with E-state index >= 15 is 0 Å². The number of hydrogen-bond donors (Lipinski definition) is 1. The maximum absolute atomic E-state index is 13.3. The van der Waals surface area contributed by atoms with Gasteiger partial charge in [0.1, 0.15) is 5.82 Å². The van der Waals surface area contributed by atoms with Crippen LogP contribution in [-0.4, -0.2) is 34.1 Å². The first-order chi connectivity index (χ1) is 13.2. The van der Waals surface area contributed by atoms with Gasteiger partial charge in [0.2, 0.25) is 0 Å². The molecule has 2 aromatic heterocycles. The fourth-order valence-electron chi connectivity index (χ4n) is 3.58. The molecule has 3 aromatic rings. The molecule has 0 unspecified atom stereocenters. The number of likely N-dealkylation sites (tertiary alicyclic amines) is 1. The molecule has 0 spiro atoms. The van der Waals surface area contributed by atoms with Crippen molar-refractivity contribution in [1.29, 1.82) is 0 Å². The van der Waals surface area contributed by atoms with E-state index in [1.807, 2.05) is 18.2 Å². The average molecular weight is 367 g/mol. The van der Waals surface area contributed by atoms with Gasteiger partial charge in [-0.15, -0.1) is 0 Å². The number of ether oxygens (including phenoxy) is 1. The van der Waals surface area contributed by atoms with Crippen molar-refractivity contribution < 1.29 is 9.13 Å². The summed E-state index contributed by atoms with van der Waals surface area (Å²) < 4.78 is 19.4. The van der Waals surface area contributed by atoms with E-state index in [1.54, 1.807) is 18.3 Å². The highest BCUT2D eigenvalue weighted by Crippen LogP contribution is 2.17. The third kappa shape index (κ3) is 4.40. The number of aromatic nitrogens is 2. The average Bonchev–Trinajstić information content (AvgIpc) is 2.68. The molecule has 1 atom stereocenters. The van der Waals surface area contributed by atoms with Crippen molar-refractivity contribution in [2.75, 3.05) is 13.1 Å². The van der Waals surface area contributed by atoms with Crippen molar-refractivity contribution >= 4 is 10.9 Å². The number of aromatic amines is 1. The number of fused-ring (bicyclic) bond motifs is 1. The number of benzene rings is 1. The predicted molar refractivity (Wildman–Crippen MR) is 102 cm³/mol. The molecular weight excluding hydrogens is 345 g/mol. The van der Waals surface area contributed by atoms with Crippen LogP contribution in [-0.2, 0) is 17.9 Å². The van der Waals surface area contributed by atoms with Gasteiger partial charge in [-0.2, -0.15) is 0 Å². The van der Waals surface area contributed by atoms with Crippen LogP contribution in [0.3, 0.4) is 0 Å². The topological polar surface area (TPSA) is 58.2 Å². The Morgan fingerprint density at radius 3 is 3.04 bits per heavy atom. The van der Waals surface area contributed by atoms with E-state index in [2.05, 4.69) is 14.9 Å². The highest BCUT2D eigenvalue weighted by atomic mass is 19.1. The van der Waals surface area contributed by atoms with Crippen LogP contribution in [0.15, 0.2) is 53.5 Å². The van der Waals surface area contributed by atoms with Crippen molar-refractivity contribution in [3.05, 3.63) is 76.1 Å². The van der Waals surface area contributed by atoms with Crippen LogP contribution in [0.2, 0.25) is 0 Å². The monoisotopic (exact) mass is 367 g/mol. The van der Waals surface area contributed by atoms with Gasteiger partial charge in [0.15, 0.2) is 5.43 Å². The molecule has 5 nitrogen and oxygen atoms in total. The van der Waals surface area contributed by atoms with Crippen molar-refractivity contribution in [3.8, 4) is 0 Å². The van der Waals surface area contributed by atoms with E-state index in [9.17, 15) is 9.18 Å². The molecule has 4 rings (SSSR count). The van der Waals surface area contributed by atoms with Gasteiger partial charge in [-0.05, 0) is 49.7 Å². The number of nitrogens with zero attached hydrogens (tertiary/aromatic N) is 2. The molecular formula is C21H22FN3O2. The van der Waals surface area contributed by atoms with Crippen LogP contribution in [0, 0.1) is 5.82 Å². The van der Waals surface area contributed by atoms with E-state index in [-0.39, 0.29) is 11.5 Å². The number of rotatable bonds is 5. The minimum absolute atomic E-state index is 0.154. The number of nitrogens with one attached hydrogen (secondary N) is 1. The highest BCUT2D eigenvalue weighted by molar-refractivity contribution is 5.78. The quantitative estimate of drug-likeness (QED) is 0.752. The lowest BCUT2D eigenvalue weighted by atomic mass is 10.1. The molecule has 0 saturated carbocycles. The van der Waals surface area contributed by atoms with Crippen molar-refractivity contribution in [3.63, 3.8) is 0 Å². The lowest BCUT2D eigenvalue weighted by Crippen LogP contribution is -2.39. The van der Waals surface area contributed by atoms with Crippen LogP contribution < -0.4 is 5.43 Å². The Morgan fingerprint density at radius 2 is 2.19 bits per heavy atom. The fraction of sp³-hybridized carbons (Fsp3) is 0.333. The summed E-state index contributed by atoms with van der Waals surface area (Å²) in [6.45, 7) is 2.94. The number of piperidine rings is 1. The maximum Gasteiger partial charge on any atom is 0.189 e. The third-order valence-electron chi connectivity index (χ3n) is 4.90. The first-order valence-corrected chi connectivity index (χ1v) is 9.23. The molecule has 1 aromatic carbocycles. The van der Waals surface area contributed by atoms with Crippen LogP contribution in [0.1, 0.15) is 24.2 Å². The number of pyridine rings is 2. The van der Waals surface area contributed by atoms with E-state index in [0.717, 1.165) is 37.3 Å². The van der Waals surface area contributed by atoms with Crippen molar-refractivity contribution in [2.45, 2.75) is 32.1 Å². The molecule has 6 heteroatoms. The summed E-state index contributed by atoms with van der Waals surface area (Å²) in [6.07, 6.45) is 4.00. The van der Waals surface area contributed by atoms with Gasteiger partial charge in [0.25, 0.3) is 0 Å². The molecule has 1 N–H and O–H groups in total. The first-order valence-electron chi connectivity index (χ1n) is 9.23. The molecule has 3 heterocycles. The predicted octanol–water partition coefficient (Wildman–Crippen LogP) is 3.24. The summed E-state index contributed by atoms with van der Waals surface area (Å²) in [6, 6.07) is 11.6. The smallest absolute Gasteiger partial charge is 0.189 e.